The highest BCUT2D eigenvalue weighted by atomic mass is 32.1. The van der Waals surface area contributed by atoms with Gasteiger partial charge in [0.2, 0.25) is 5.91 Å². The van der Waals surface area contributed by atoms with Gasteiger partial charge < -0.3 is 20.7 Å². The number of ether oxygens (including phenoxy) is 1. The number of rotatable bonds is 4. The predicted molar refractivity (Wildman–Crippen MR) is 82.8 cm³/mol. The molecule has 1 heterocycles. The maximum absolute atomic E-state index is 12.1. The summed E-state index contributed by atoms with van der Waals surface area (Å²) in [5, 5.41) is 3.49. The Morgan fingerprint density at radius 3 is 2.68 bits per heavy atom. The number of hydrogen-bond donors (Lipinski definition) is 2. The van der Waals surface area contributed by atoms with E-state index < -0.39 is 6.61 Å². The number of halogens is 2. The van der Waals surface area contributed by atoms with Crippen LogP contribution in [0.4, 0.5) is 14.5 Å². The van der Waals surface area contributed by atoms with Gasteiger partial charge in [0.25, 0.3) is 0 Å². The van der Waals surface area contributed by atoms with E-state index in [1.165, 1.54) is 12.1 Å². The number of carbonyl (C=O) groups excluding carboxylic acids is 1. The van der Waals surface area contributed by atoms with Crippen LogP contribution in [0.15, 0.2) is 24.3 Å². The van der Waals surface area contributed by atoms with E-state index in [2.05, 4.69) is 10.1 Å². The second kappa shape index (κ2) is 7.35. The van der Waals surface area contributed by atoms with Gasteiger partial charge in [-0.15, -0.1) is 0 Å². The zero-order valence-corrected chi connectivity index (χ0v) is 12.6. The topological polar surface area (TPSA) is 67.6 Å². The van der Waals surface area contributed by atoms with Crippen LogP contribution >= 0.6 is 12.2 Å². The first-order valence-corrected chi connectivity index (χ1v) is 7.26. The molecule has 0 bridgehead atoms. The first kappa shape index (κ1) is 16.4. The Kier molecular flexibility index (Phi) is 5.48. The number of amides is 1. The van der Waals surface area contributed by atoms with E-state index in [0.717, 1.165) is 19.4 Å². The molecule has 0 saturated carbocycles. The molecule has 0 spiro atoms. The summed E-state index contributed by atoms with van der Waals surface area (Å²) in [7, 11) is 0. The molecule has 0 radical (unpaired) electrons. The lowest BCUT2D eigenvalue weighted by atomic mass is 9.98. The summed E-state index contributed by atoms with van der Waals surface area (Å²) in [5.74, 6) is -0.436. The Balaban J connectivity index is 1.92. The average Bonchev–Trinajstić information content (AvgIpc) is 2.49. The monoisotopic (exact) mass is 329 g/mol. The molecule has 0 aromatic heterocycles. The standard InChI is InChI=1S/C14H17F2N3O2S/c15-13(16)21-11-5-3-10(4-6-11)18-14(22)19-7-1-2-9(8-19)12(17)20/h3-6,9,13H,1-2,7-8H2,(H2,17,20)(H,18,22). The second-order valence-electron chi connectivity index (χ2n) is 5.02. The molecule has 1 aromatic carbocycles. The molecule has 8 heteroatoms. The molecule has 1 fully saturated rings. The third-order valence-corrected chi connectivity index (χ3v) is 3.80. The number of piperidine rings is 1. The van der Waals surface area contributed by atoms with E-state index in [-0.39, 0.29) is 17.6 Å². The Morgan fingerprint density at radius 2 is 2.09 bits per heavy atom. The van der Waals surface area contributed by atoms with Crippen LogP contribution in [-0.4, -0.2) is 35.6 Å². The van der Waals surface area contributed by atoms with E-state index >= 15 is 0 Å². The summed E-state index contributed by atoms with van der Waals surface area (Å²) >= 11 is 5.31. The van der Waals surface area contributed by atoms with Crippen molar-refractivity contribution in [2.24, 2.45) is 11.7 Å². The predicted octanol–water partition coefficient (Wildman–Crippen LogP) is 2.18. The zero-order valence-electron chi connectivity index (χ0n) is 11.8. The SMILES string of the molecule is NC(=O)C1CCCN(C(=S)Nc2ccc(OC(F)F)cc2)C1. The summed E-state index contributed by atoms with van der Waals surface area (Å²) < 4.78 is 28.4. The van der Waals surface area contributed by atoms with Crippen molar-refractivity contribution in [2.75, 3.05) is 18.4 Å². The van der Waals surface area contributed by atoms with Crippen LogP contribution in [-0.2, 0) is 4.79 Å². The van der Waals surface area contributed by atoms with Crippen LogP contribution in [0, 0.1) is 5.92 Å². The highest BCUT2D eigenvalue weighted by molar-refractivity contribution is 7.80. The van der Waals surface area contributed by atoms with Gasteiger partial charge >= 0.3 is 6.61 Å². The number of alkyl halides is 2. The number of nitrogens with one attached hydrogen (secondary N) is 1. The van der Waals surface area contributed by atoms with Crippen LogP contribution in [0.2, 0.25) is 0 Å². The molecule has 3 N–H and O–H groups in total. The molecule has 0 aliphatic carbocycles. The van der Waals surface area contributed by atoms with Crippen molar-refractivity contribution in [1.29, 1.82) is 0 Å². The molecular weight excluding hydrogens is 312 g/mol. The molecule has 1 aliphatic rings. The van der Waals surface area contributed by atoms with E-state index in [0.29, 0.717) is 17.3 Å². The highest BCUT2D eigenvalue weighted by Crippen LogP contribution is 2.20. The number of carbonyl (C=O) groups is 1. The fourth-order valence-corrected chi connectivity index (χ4v) is 2.60. The lowest BCUT2D eigenvalue weighted by Crippen LogP contribution is -2.45. The van der Waals surface area contributed by atoms with Crippen molar-refractivity contribution in [2.45, 2.75) is 19.5 Å². The van der Waals surface area contributed by atoms with Crippen LogP contribution in [0.5, 0.6) is 5.75 Å². The van der Waals surface area contributed by atoms with Crippen LogP contribution in [0.1, 0.15) is 12.8 Å². The summed E-state index contributed by atoms with van der Waals surface area (Å²) in [5.41, 5.74) is 5.99. The summed E-state index contributed by atoms with van der Waals surface area (Å²) in [6.45, 7) is -1.60. The first-order valence-electron chi connectivity index (χ1n) is 6.86. The quantitative estimate of drug-likeness (QED) is 0.829. The minimum atomic E-state index is -2.85. The molecule has 2 rings (SSSR count). The minimum absolute atomic E-state index is 0.0817. The van der Waals surface area contributed by atoms with E-state index in [1.54, 1.807) is 12.1 Å². The molecule has 1 aromatic rings. The van der Waals surface area contributed by atoms with Crippen LogP contribution < -0.4 is 15.8 Å². The smallest absolute Gasteiger partial charge is 0.387 e. The maximum Gasteiger partial charge on any atom is 0.387 e. The molecule has 1 saturated heterocycles. The third-order valence-electron chi connectivity index (χ3n) is 3.44. The van der Waals surface area contributed by atoms with Gasteiger partial charge in [0.1, 0.15) is 5.75 Å². The first-order chi connectivity index (χ1) is 10.5. The fraction of sp³-hybridized carbons (Fsp3) is 0.429. The number of nitrogens with zero attached hydrogens (tertiary/aromatic N) is 1. The molecular formula is C14H17F2N3O2S. The van der Waals surface area contributed by atoms with Crippen molar-refractivity contribution in [1.82, 2.24) is 4.90 Å². The van der Waals surface area contributed by atoms with E-state index in [9.17, 15) is 13.6 Å². The van der Waals surface area contributed by atoms with Crippen molar-refractivity contribution in [3.05, 3.63) is 24.3 Å². The second-order valence-corrected chi connectivity index (χ2v) is 5.41. The molecule has 1 atom stereocenters. The third kappa shape index (κ3) is 4.52. The van der Waals surface area contributed by atoms with Crippen LogP contribution in [0.25, 0.3) is 0 Å². The number of nitrogens with two attached hydrogens (primary N) is 1. The molecule has 120 valence electrons. The number of anilines is 1. The average molecular weight is 329 g/mol. The normalized spacial score (nSPS) is 18.1. The molecule has 22 heavy (non-hydrogen) atoms. The van der Waals surface area contributed by atoms with Gasteiger partial charge in [0.15, 0.2) is 5.11 Å². The van der Waals surface area contributed by atoms with Crippen molar-refractivity contribution in [3.8, 4) is 5.75 Å². The molecule has 1 aliphatic heterocycles. The van der Waals surface area contributed by atoms with Crippen molar-refractivity contribution >= 4 is 28.9 Å². The molecule has 1 amide bonds. The van der Waals surface area contributed by atoms with Crippen molar-refractivity contribution in [3.63, 3.8) is 0 Å². The molecule has 5 nitrogen and oxygen atoms in total. The number of thiocarbonyl (C=S) groups is 1. The Morgan fingerprint density at radius 1 is 1.41 bits per heavy atom. The van der Waals surface area contributed by atoms with E-state index in [1.807, 2.05) is 4.90 Å². The zero-order chi connectivity index (χ0) is 16.1. The number of hydrogen-bond acceptors (Lipinski definition) is 3. The Bertz CT molecular complexity index is 539. The summed E-state index contributed by atoms with van der Waals surface area (Å²) in [6.07, 6.45) is 1.62. The highest BCUT2D eigenvalue weighted by Gasteiger charge is 2.25. The van der Waals surface area contributed by atoms with Crippen molar-refractivity contribution < 1.29 is 18.3 Å². The fourth-order valence-electron chi connectivity index (χ4n) is 2.32. The number of likely N-dealkylation sites (tertiary alicyclic amines) is 1. The van der Waals surface area contributed by atoms with Crippen LogP contribution in [0.3, 0.4) is 0 Å². The summed E-state index contributed by atoms with van der Waals surface area (Å²) in [4.78, 5) is 13.1. The number of benzene rings is 1. The van der Waals surface area contributed by atoms with E-state index in [4.69, 9.17) is 18.0 Å². The van der Waals surface area contributed by atoms with Gasteiger partial charge in [-0.2, -0.15) is 8.78 Å². The summed E-state index contributed by atoms with van der Waals surface area (Å²) in [6, 6.07) is 6.05. The molecule has 1 unspecified atom stereocenters. The lowest BCUT2D eigenvalue weighted by Gasteiger charge is -2.33. The van der Waals surface area contributed by atoms with Gasteiger partial charge in [-0.05, 0) is 49.3 Å². The Hall–Kier alpha value is -1.96. The van der Waals surface area contributed by atoms with Gasteiger partial charge in [0.05, 0.1) is 5.92 Å². The van der Waals surface area contributed by atoms with Gasteiger partial charge in [-0.3, -0.25) is 4.79 Å². The maximum atomic E-state index is 12.1. The van der Waals surface area contributed by atoms with Gasteiger partial charge in [-0.25, -0.2) is 0 Å². The Labute approximate surface area is 132 Å². The number of primary amides is 1. The van der Waals surface area contributed by atoms with Gasteiger partial charge in [-0.1, -0.05) is 0 Å². The minimum Gasteiger partial charge on any atom is -0.435 e. The van der Waals surface area contributed by atoms with Gasteiger partial charge in [0, 0.05) is 18.8 Å². The lowest BCUT2D eigenvalue weighted by molar-refractivity contribution is -0.122. The largest absolute Gasteiger partial charge is 0.435 e.